The summed E-state index contributed by atoms with van der Waals surface area (Å²) < 4.78 is 95.8. The van der Waals surface area contributed by atoms with E-state index >= 15 is 0 Å². The number of hydrogen-bond donors (Lipinski definition) is 1. The van der Waals surface area contributed by atoms with Gasteiger partial charge in [0.05, 0.1) is 30.2 Å². The minimum atomic E-state index is -4.74. The maximum atomic E-state index is 14.0. The first kappa shape index (κ1) is 21.8. The largest absolute Gasteiger partial charge is 0.393 e. The number of halogens is 7. The van der Waals surface area contributed by atoms with E-state index in [0.717, 1.165) is 0 Å². The summed E-state index contributed by atoms with van der Waals surface area (Å²) in [4.78, 5) is 3.36. The van der Waals surface area contributed by atoms with Crippen molar-refractivity contribution in [1.29, 1.82) is 0 Å². The Kier molecular flexibility index (Phi) is 5.14. The molecule has 1 saturated carbocycles. The lowest BCUT2D eigenvalue weighted by atomic mass is 9.64. The highest BCUT2D eigenvalue weighted by Crippen LogP contribution is 2.61. The fourth-order valence-electron chi connectivity index (χ4n) is 6.08. The van der Waals surface area contributed by atoms with Crippen LogP contribution in [0.15, 0.2) is 24.3 Å². The number of hydrogen-bond acceptors (Lipinski definition) is 3. The Morgan fingerprint density at radius 3 is 2.40 bits per heavy atom. The summed E-state index contributed by atoms with van der Waals surface area (Å²) >= 11 is 0. The monoisotopic (exact) mass is 439 g/mol. The third-order valence-electron chi connectivity index (χ3n) is 7.29. The van der Waals surface area contributed by atoms with E-state index in [4.69, 9.17) is 5.73 Å². The molecule has 0 amide bonds. The number of fused-ring (bicyclic) bond motifs is 5. The zero-order chi connectivity index (χ0) is 22.1. The van der Waals surface area contributed by atoms with Crippen molar-refractivity contribution in [3.05, 3.63) is 35.6 Å². The van der Waals surface area contributed by atoms with E-state index < -0.39 is 60.2 Å². The highest BCUT2D eigenvalue weighted by atomic mass is 19.4. The van der Waals surface area contributed by atoms with E-state index in [2.05, 4.69) is 0 Å². The molecular weight excluding hydrogens is 415 g/mol. The molecule has 3 aliphatic rings. The van der Waals surface area contributed by atoms with Crippen molar-refractivity contribution >= 4 is 0 Å². The molecule has 2 aliphatic heterocycles. The number of rotatable bonds is 4. The third kappa shape index (κ3) is 3.22. The summed E-state index contributed by atoms with van der Waals surface area (Å²) in [6.45, 7) is 1.79. The Labute approximate surface area is 170 Å². The molecule has 3 fully saturated rings. The van der Waals surface area contributed by atoms with Gasteiger partial charge in [0, 0.05) is 12.1 Å². The molecule has 8 unspecified atom stereocenters. The van der Waals surface area contributed by atoms with E-state index in [1.54, 1.807) is 22.8 Å². The second-order valence-electron chi connectivity index (χ2n) is 8.70. The van der Waals surface area contributed by atoms with Gasteiger partial charge in [-0.05, 0) is 43.4 Å². The van der Waals surface area contributed by atoms with Gasteiger partial charge in [-0.2, -0.15) is 26.3 Å². The molecule has 0 radical (unpaired) electrons. The average molecular weight is 439 g/mol. The lowest BCUT2D eigenvalue weighted by Gasteiger charge is -2.52. The van der Waals surface area contributed by atoms with Gasteiger partial charge in [-0.15, -0.1) is 0 Å². The predicted molar refractivity (Wildman–Crippen MR) is 95.5 cm³/mol. The van der Waals surface area contributed by atoms with Crippen molar-refractivity contribution in [3.8, 4) is 0 Å². The smallest absolute Gasteiger partial charge is 0.325 e. The van der Waals surface area contributed by atoms with Crippen LogP contribution < -0.4 is 5.73 Å². The summed E-state index contributed by atoms with van der Waals surface area (Å²) in [5.74, 6) is -4.51. The van der Waals surface area contributed by atoms with Gasteiger partial charge >= 0.3 is 12.4 Å². The van der Waals surface area contributed by atoms with E-state index in [1.807, 2.05) is 0 Å². The van der Waals surface area contributed by atoms with Crippen LogP contribution >= 0.6 is 0 Å². The molecule has 1 aliphatic carbocycles. The van der Waals surface area contributed by atoms with Crippen LogP contribution in [0.3, 0.4) is 0 Å². The van der Waals surface area contributed by atoms with Gasteiger partial charge in [-0.25, -0.2) is 4.39 Å². The van der Waals surface area contributed by atoms with Crippen LogP contribution in [0.5, 0.6) is 0 Å². The molecule has 10 heteroatoms. The molecule has 3 nitrogen and oxygen atoms in total. The molecule has 2 heterocycles. The van der Waals surface area contributed by atoms with Crippen molar-refractivity contribution in [1.82, 2.24) is 9.80 Å². The van der Waals surface area contributed by atoms with E-state index in [1.165, 1.54) is 18.2 Å². The molecular formula is C20H24F7N3. The lowest BCUT2D eigenvalue weighted by molar-refractivity contribution is -0.250. The van der Waals surface area contributed by atoms with Gasteiger partial charge in [0.2, 0.25) is 0 Å². The molecule has 4 rings (SSSR count). The second-order valence-corrected chi connectivity index (χ2v) is 8.70. The van der Waals surface area contributed by atoms with Gasteiger partial charge in [-0.3, -0.25) is 9.80 Å². The molecule has 0 aromatic heterocycles. The Bertz CT molecular complexity index is 795. The Hall–Kier alpha value is -1.39. The fraction of sp³-hybridized carbons (Fsp3) is 0.700. The number of nitrogens with zero attached hydrogens (tertiary/aromatic N) is 2. The van der Waals surface area contributed by atoms with Crippen LogP contribution in [0.1, 0.15) is 31.7 Å². The zero-order valence-electron chi connectivity index (χ0n) is 16.3. The quantitative estimate of drug-likeness (QED) is 0.711. The number of alkyl halides is 6. The first-order valence-corrected chi connectivity index (χ1v) is 10.1. The molecule has 1 aromatic rings. The zero-order valence-corrected chi connectivity index (χ0v) is 16.3. The van der Waals surface area contributed by atoms with Crippen LogP contribution in [-0.4, -0.2) is 52.6 Å². The molecule has 2 saturated heterocycles. The molecule has 0 spiro atoms. The molecule has 168 valence electrons. The topological polar surface area (TPSA) is 32.5 Å². The van der Waals surface area contributed by atoms with Gasteiger partial charge < -0.3 is 5.73 Å². The van der Waals surface area contributed by atoms with Crippen LogP contribution in [0, 0.1) is 17.7 Å². The first-order valence-electron chi connectivity index (χ1n) is 10.1. The molecule has 2 N–H and O–H groups in total. The number of benzene rings is 1. The maximum absolute atomic E-state index is 14.0. The van der Waals surface area contributed by atoms with Crippen molar-refractivity contribution in [2.75, 3.05) is 6.67 Å². The molecule has 30 heavy (non-hydrogen) atoms. The molecule has 2 bridgehead atoms. The van der Waals surface area contributed by atoms with E-state index in [9.17, 15) is 30.7 Å². The average Bonchev–Trinajstić information content (AvgIpc) is 3.07. The normalized spacial score (nSPS) is 39.4. The van der Waals surface area contributed by atoms with Crippen molar-refractivity contribution < 1.29 is 30.7 Å². The van der Waals surface area contributed by atoms with Crippen molar-refractivity contribution in [3.63, 3.8) is 0 Å². The number of nitrogens with two attached hydrogens (primary N) is 1. The van der Waals surface area contributed by atoms with Crippen LogP contribution in [0.4, 0.5) is 30.7 Å². The summed E-state index contributed by atoms with van der Waals surface area (Å²) in [5, 5.41) is 0. The van der Waals surface area contributed by atoms with E-state index in [-0.39, 0.29) is 25.9 Å². The van der Waals surface area contributed by atoms with Gasteiger partial charge in [-0.1, -0.05) is 19.1 Å². The minimum Gasteiger partial charge on any atom is -0.325 e. The lowest BCUT2D eigenvalue weighted by Crippen LogP contribution is -2.68. The Morgan fingerprint density at radius 1 is 1.13 bits per heavy atom. The SMILES string of the molecule is CCC12C(CC(C(F)(F)F)CC1C(F)(F)F)N1CN2C1C(N)Cc1cccc(F)c1. The van der Waals surface area contributed by atoms with Crippen LogP contribution in [0.2, 0.25) is 0 Å². The minimum absolute atomic E-state index is 0.0894. The van der Waals surface area contributed by atoms with E-state index in [0.29, 0.717) is 5.56 Å². The highest BCUT2D eigenvalue weighted by molar-refractivity contribution is 5.25. The summed E-state index contributed by atoms with van der Waals surface area (Å²) in [5.41, 5.74) is 5.51. The van der Waals surface area contributed by atoms with Crippen molar-refractivity contribution in [2.45, 2.75) is 68.7 Å². The van der Waals surface area contributed by atoms with Crippen LogP contribution in [0.25, 0.3) is 0 Å². The summed E-state index contributed by atoms with van der Waals surface area (Å²) in [6.07, 6.45) is -11.0. The molecule has 8 atom stereocenters. The Morgan fingerprint density at radius 2 is 1.83 bits per heavy atom. The maximum Gasteiger partial charge on any atom is 0.393 e. The first-order chi connectivity index (χ1) is 13.9. The predicted octanol–water partition coefficient (Wildman–Crippen LogP) is 4.28. The van der Waals surface area contributed by atoms with Crippen LogP contribution in [-0.2, 0) is 6.42 Å². The van der Waals surface area contributed by atoms with Crippen molar-refractivity contribution in [2.24, 2.45) is 17.6 Å². The standard InChI is InChI=1S/C20H24F7N3/c1-2-18-15(20(25,26)27)8-12(19(22,23)24)9-16(18)29-10-30(18)17(29)14(28)7-11-4-3-5-13(21)6-11/h3-6,12,14-17H,2,7-10,28H2,1H3. The second kappa shape index (κ2) is 7.06. The van der Waals surface area contributed by atoms with Gasteiger partial charge in [0.15, 0.2) is 0 Å². The van der Waals surface area contributed by atoms with Gasteiger partial charge in [0.25, 0.3) is 0 Å². The summed E-state index contributed by atoms with van der Waals surface area (Å²) in [6, 6.07) is 4.28. The Balaban J connectivity index is 1.65. The van der Waals surface area contributed by atoms with Gasteiger partial charge in [0.1, 0.15) is 5.82 Å². The molecule has 1 aromatic carbocycles. The fourth-order valence-corrected chi connectivity index (χ4v) is 6.08. The third-order valence-corrected chi connectivity index (χ3v) is 7.29. The highest BCUT2D eigenvalue weighted by Gasteiger charge is 2.74. The summed E-state index contributed by atoms with van der Waals surface area (Å²) in [7, 11) is 0.